The molecule has 0 spiro atoms. The molecule has 3 aromatic carbocycles. The third kappa shape index (κ3) is 24.2. The SMILES string of the molecule is COc1ccc2nc3c(nc2c1)O[C@H]1CN(C(=O)[C@H](C2CCCCC2)CC(=O)O[C@@H]2CCC[C@H]2CCCCC3(F)F)[C@H]([C-]=O)[C@@H]1C.COc1ccc2nc3c(nc2c1)O[C@H]1CN(C(=O)[C@H](C2CCCCC2)CC(=O)O[C@@H]2C[C@H]2CCCCC3(F)F)[C@H]([C-]=O)[C@@H]1C.COc1ccc2nc3c(nc2c1)O[C@H]1CN(C(=O)[C@H](C2CCCCC2)CC(=O)O[C@]2(C)C[C@H]2CCCCC3(F)F)[C@H]([C-]=O)[C@@H]1C.[V].[V].[V]. The molecule has 3 saturated heterocycles. The van der Waals surface area contributed by atoms with Crippen molar-refractivity contribution in [1.29, 1.82) is 0 Å². The summed E-state index contributed by atoms with van der Waals surface area (Å²) in [4.78, 5) is 150. The molecule has 6 bridgehead atoms. The third-order valence-electron chi connectivity index (χ3n) is 31.4. The number of carbonyl (C=O) groups is 6. The van der Waals surface area contributed by atoms with Crippen LogP contribution in [0.3, 0.4) is 0 Å². The molecule has 747 valence electrons. The fourth-order valence-electron chi connectivity index (χ4n) is 22.9. The number of aromatic nitrogens is 6. The van der Waals surface area contributed by atoms with Gasteiger partial charge in [-0.05, 0) is 200 Å². The van der Waals surface area contributed by atoms with Crippen molar-refractivity contribution < 1.29 is 168 Å². The number of carbonyl (C=O) groups excluding carboxylic acids is 9. The summed E-state index contributed by atoms with van der Waals surface area (Å²) in [5.74, 6) is -15.0. The van der Waals surface area contributed by atoms with Gasteiger partial charge in [0.25, 0.3) is 17.8 Å². The first-order chi connectivity index (χ1) is 64.9. The van der Waals surface area contributed by atoms with Crippen LogP contribution >= 0.6 is 0 Å². The summed E-state index contributed by atoms with van der Waals surface area (Å²) in [7, 11) is 4.50. The Bertz CT molecular complexity index is 5310. The molecular formula is C102H126F6N9O18V3-3. The van der Waals surface area contributed by atoms with Gasteiger partial charge in [-0.1, -0.05) is 116 Å². The van der Waals surface area contributed by atoms with E-state index < -0.39 is 150 Å². The Labute approximate surface area is 837 Å². The number of halogens is 6. The number of methoxy groups -OCH3 is 3. The number of fused-ring (bicyclic) bond motifs is 15. The van der Waals surface area contributed by atoms with Crippen molar-refractivity contribution >= 4 is 87.6 Å². The number of hydrogen-bond donors (Lipinski definition) is 0. The van der Waals surface area contributed by atoms with Gasteiger partial charge in [-0.25, -0.2) is 48.8 Å². The van der Waals surface area contributed by atoms with Crippen LogP contribution in [0.1, 0.15) is 270 Å². The largest absolute Gasteiger partial charge is 0.540 e. The summed E-state index contributed by atoms with van der Waals surface area (Å²) in [5, 5.41) is 0. The second-order valence-electron chi connectivity index (χ2n) is 40.3. The minimum Gasteiger partial charge on any atom is -0.540 e. The van der Waals surface area contributed by atoms with Crippen molar-refractivity contribution in [2.24, 2.45) is 71.0 Å². The minimum absolute atomic E-state index is 0. The van der Waals surface area contributed by atoms with Crippen LogP contribution in [-0.2, 0) is 131 Å². The average Bonchev–Trinajstić information content (AvgIpc) is 1.59. The molecule has 9 heterocycles. The molecule has 138 heavy (non-hydrogen) atoms. The fraction of sp³-hybridized carbons (Fsp3) is 0.676. The zero-order valence-electron chi connectivity index (χ0n) is 79.6. The molecule has 6 aliphatic carbocycles. The van der Waals surface area contributed by atoms with E-state index in [1.165, 1.54) is 36.0 Å². The first-order valence-electron chi connectivity index (χ1n) is 49.3. The van der Waals surface area contributed by atoms with E-state index >= 15 is 26.3 Å². The molecule has 6 saturated carbocycles. The zero-order chi connectivity index (χ0) is 95.4. The molecule has 18 rings (SSSR count). The molecule has 3 radical (unpaired) electrons. The second-order valence-corrected chi connectivity index (χ2v) is 40.3. The van der Waals surface area contributed by atoms with Gasteiger partial charge in [-0.2, -0.15) is 26.3 Å². The molecule has 12 aliphatic rings. The van der Waals surface area contributed by atoms with E-state index in [2.05, 4.69) is 29.9 Å². The standard InChI is InChI=1S/C35H44F2N3O6.C34H42F2N3O6.C33H40F2N3O6.3V/c1-21-28(20-41)40-19-30(21)46-33-32(38-26-15-14-24(44-2)17-27(26)39-33)35(36,37)16-7-6-11-23-12-8-13-29(23)45-31(42)18-25(34(40)43)22-9-4-3-5-10-22;1-20-27(19-40)39-18-28(20)44-31-30(37-25-13-12-23(43-3)15-26(25)38-31)34(35,36)14-8-7-11-22-17-33(22,2)45-29(41)16-24(32(39)42)21-9-5-4-6-10-21;1-19-26(18-39)38-17-28(19)44-31-30(36-24-12-11-22(42-2)15-25(24)37-31)33(34,35)13-7-6-10-21-14-27(21)43-29(40)16-23(32(38)41)20-8-4-3-5-9-20;;;/h14-15,17,21-23,25,28-30H,3-13,16,18-19H2,1-2H3;12-13,15,20-22,24,27-28H,4-11,14,16-18H2,1-3H3;11-12,15,19-21,23,26-28H,3-10,13-14,16-17H2,1-2H3;;;/q3*-1;;;/t21-,23+,25-,28+,29+,30-;20-,22+,24-,27+,28-,33+;19-,21+,23-,26+,27+,28-;;;/m000.../s1. The van der Waals surface area contributed by atoms with E-state index in [-0.39, 0.29) is 213 Å². The van der Waals surface area contributed by atoms with Gasteiger partial charge in [-0.3, -0.25) is 28.8 Å². The number of benzene rings is 3. The van der Waals surface area contributed by atoms with Gasteiger partial charge in [0, 0.05) is 99.0 Å². The van der Waals surface area contributed by atoms with Crippen LogP contribution < -0.4 is 28.4 Å². The summed E-state index contributed by atoms with van der Waals surface area (Å²) < 4.78 is 148. The Hall–Kier alpha value is -8.36. The fourth-order valence-corrected chi connectivity index (χ4v) is 22.9. The summed E-state index contributed by atoms with van der Waals surface area (Å²) in [6.45, 7) is 7.03. The van der Waals surface area contributed by atoms with E-state index in [1.807, 2.05) is 25.8 Å². The number of ether oxygens (including phenoxy) is 9. The van der Waals surface area contributed by atoms with Crippen LogP contribution in [-0.4, -0.2) is 194 Å². The van der Waals surface area contributed by atoms with Gasteiger partial charge < -0.3 is 71.7 Å². The summed E-state index contributed by atoms with van der Waals surface area (Å²) in [6.07, 6.45) is 23.8. The van der Waals surface area contributed by atoms with Crippen molar-refractivity contribution in [3.8, 4) is 34.9 Å². The third-order valence-corrected chi connectivity index (χ3v) is 31.4. The van der Waals surface area contributed by atoms with Crippen LogP contribution in [0.25, 0.3) is 33.1 Å². The quantitative estimate of drug-likeness (QED) is 0.0562. The normalized spacial score (nSPS) is 31.2. The van der Waals surface area contributed by atoms with Crippen LogP contribution in [0.15, 0.2) is 54.6 Å². The first-order valence-corrected chi connectivity index (χ1v) is 49.3. The van der Waals surface area contributed by atoms with Crippen LogP contribution in [0.2, 0.25) is 0 Å². The summed E-state index contributed by atoms with van der Waals surface area (Å²) in [5.41, 5.74) is -0.493. The van der Waals surface area contributed by atoms with Gasteiger partial charge >= 0.3 is 17.9 Å². The number of rotatable bonds is 9. The van der Waals surface area contributed by atoms with Crippen molar-refractivity contribution in [2.45, 2.75) is 324 Å². The topological polar surface area (TPSA) is 324 Å². The van der Waals surface area contributed by atoms with Crippen LogP contribution in [0.5, 0.6) is 34.9 Å². The van der Waals surface area contributed by atoms with Gasteiger partial charge in [0.15, 0.2) is 17.1 Å². The monoisotopic (exact) mass is 2030 g/mol. The summed E-state index contributed by atoms with van der Waals surface area (Å²) in [6, 6.07) is 11.6. The van der Waals surface area contributed by atoms with Crippen molar-refractivity contribution in [3.05, 3.63) is 71.7 Å². The van der Waals surface area contributed by atoms with E-state index in [1.54, 1.807) is 75.4 Å². The molecule has 0 N–H and O–H groups in total. The Balaban J connectivity index is 0.000000173. The number of nitrogens with zero attached hydrogens (tertiary/aromatic N) is 9. The van der Waals surface area contributed by atoms with Crippen LogP contribution in [0.4, 0.5) is 26.3 Å². The smallest absolute Gasteiger partial charge is 0.307 e. The number of esters is 3. The molecule has 3 aromatic heterocycles. The molecule has 6 aliphatic heterocycles. The number of alkyl halides is 6. The Morgan fingerprint density at radius 2 is 0.667 bits per heavy atom. The Kier molecular flexibility index (Phi) is 35.9. The average molecular weight is 2030 g/mol. The molecular weight excluding hydrogens is 1910 g/mol. The molecule has 0 unspecified atom stereocenters. The van der Waals surface area contributed by atoms with Gasteiger partial charge in [0.1, 0.15) is 53.4 Å². The Morgan fingerprint density at radius 3 is 1.01 bits per heavy atom. The molecule has 36 heteroatoms. The summed E-state index contributed by atoms with van der Waals surface area (Å²) >= 11 is 0. The van der Waals surface area contributed by atoms with E-state index in [4.69, 9.17) is 42.6 Å². The molecule has 27 nitrogen and oxygen atoms in total. The van der Waals surface area contributed by atoms with Crippen molar-refractivity contribution in [3.63, 3.8) is 0 Å². The van der Waals surface area contributed by atoms with Gasteiger partial charge in [0.05, 0.1) is 111 Å². The van der Waals surface area contributed by atoms with E-state index in [0.717, 1.165) is 116 Å². The molecule has 3 amide bonds. The van der Waals surface area contributed by atoms with Crippen LogP contribution in [0, 0.1) is 71.0 Å². The zero-order valence-corrected chi connectivity index (χ0v) is 83.8. The second kappa shape index (κ2) is 46.4. The molecule has 6 aromatic rings. The van der Waals surface area contributed by atoms with Gasteiger partial charge in [-0.15, -0.1) is 0 Å². The maximum absolute atomic E-state index is 16.0. The van der Waals surface area contributed by atoms with Crippen molar-refractivity contribution in [1.82, 2.24) is 44.6 Å². The predicted molar refractivity (Wildman–Crippen MR) is 482 cm³/mol. The minimum atomic E-state index is -3.35. The molecule has 9 fully saturated rings. The number of amides is 3. The van der Waals surface area contributed by atoms with Crippen molar-refractivity contribution in [2.75, 3.05) is 41.0 Å². The Morgan fingerprint density at radius 1 is 0.355 bits per heavy atom. The molecule has 18 atom stereocenters. The maximum Gasteiger partial charge on any atom is 0.307 e. The van der Waals surface area contributed by atoms with E-state index in [0.29, 0.717) is 85.2 Å². The van der Waals surface area contributed by atoms with Gasteiger partial charge in [0.2, 0.25) is 35.4 Å². The predicted octanol–water partition coefficient (Wildman–Crippen LogP) is 17.7. The van der Waals surface area contributed by atoms with E-state index in [9.17, 15) is 43.2 Å². The maximum atomic E-state index is 16.0. The number of hydrogen-bond acceptors (Lipinski definition) is 24. The first kappa shape index (κ1) is 107.